The van der Waals surface area contributed by atoms with Crippen LogP contribution in [-0.4, -0.2) is 37.9 Å². The van der Waals surface area contributed by atoms with Gasteiger partial charge in [0.2, 0.25) is 0 Å². The molecule has 0 aliphatic rings. The van der Waals surface area contributed by atoms with Gasteiger partial charge in [0, 0.05) is 30.8 Å². The maximum absolute atomic E-state index is 12.6. The van der Waals surface area contributed by atoms with Crippen LogP contribution < -0.4 is 14.3 Å². The van der Waals surface area contributed by atoms with E-state index in [1.165, 1.54) is 11.3 Å². The Hall–Kier alpha value is -2.64. The average molecular weight is 386 g/mol. The van der Waals surface area contributed by atoms with Crippen molar-refractivity contribution in [2.24, 2.45) is 4.99 Å². The molecule has 0 aliphatic carbocycles. The molecule has 7 heteroatoms. The number of methoxy groups -OCH3 is 2. The number of carbonyl (C=O) groups is 1. The van der Waals surface area contributed by atoms with E-state index in [4.69, 9.17) is 14.2 Å². The molecule has 27 heavy (non-hydrogen) atoms. The summed E-state index contributed by atoms with van der Waals surface area (Å²) in [4.78, 5) is 17.5. The highest BCUT2D eigenvalue weighted by molar-refractivity contribution is 7.16. The molecular formula is C20H22N2O4S. The fourth-order valence-corrected chi connectivity index (χ4v) is 3.80. The summed E-state index contributed by atoms with van der Waals surface area (Å²) in [7, 11) is 3.20. The summed E-state index contributed by atoms with van der Waals surface area (Å²) in [5, 5.41) is 0. The summed E-state index contributed by atoms with van der Waals surface area (Å²) >= 11 is 1.44. The molecule has 1 aromatic heterocycles. The van der Waals surface area contributed by atoms with E-state index in [0.717, 1.165) is 10.2 Å². The molecule has 1 heterocycles. The van der Waals surface area contributed by atoms with Crippen LogP contribution in [0.2, 0.25) is 0 Å². The van der Waals surface area contributed by atoms with E-state index < -0.39 is 0 Å². The van der Waals surface area contributed by atoms with Crippen molar-refractivity contribution in [1.29, 1.82) is 0 Å². The summed E-state index contributed by atoms with van der Waals surface area (Å²) in [6.45, 7) is 3.71. The van der Waals surface area contributed by atoms with Crippen molar-refractivity contribution in [3.8, 4) is 11.5 Å². The highest BCUT2D eigenvalue weighted by Gasteiger charge is 2.13. The van der Waals surface area contributed by atoms with Crippen molar-refractivity contribution in [2.45, 2.75) is 13.5 Å². The van der Waals surface area contributed by atoms with E-state index in [1.807, 2.05) is 41.8 Å². The Labute approximate surface area is 161 Å². The van der Waals surface area contributed by atoms with Crippen molar-refractivity contribution < 1.29 is 19.0 Å². The van der Waals surface area contributed by atoms with Crippen molar-refractivity contribution in [2.75, 3.05) is 27.4 Å². The van der Waals surface area contributed by atoms with Gasteiger partial charge in [0.15, 0.2) is 16.3 Å². The first-order chi connectivity index (χ1) is 13.2. The van der Waals surface area contributed by atoms with E-state index in [2.05, 4.69) is 4.99 Å². The zero-order chi connectivity index (χ0) is 19.2. The lowest BCUT2D eigenvalue weighted by Gasteiger charge is -2.09. The zero-order valence-corrected chi connectivity index (χ0v) is 16.4. The van der Waals surface area contributed by atoms with Crippen LogP contribution in [0.1, 0.15) is 17.3 Å². The molecule has 0 radical (unpaired) electrons. The van der Waals surface area contributed by atoms with Gasteiger partial charge in [0.25, 0.3) is 5.91 Å². The lowest BCUT2D eigenvalue weighted by atomic mass is 10.2. The number of rotatable bonds is 7. The Bertz CT molecular complexity index is 992. The van der Waals surface area contributed by atoms with Crippen molar-refractivity contribution in [1.82, 2.24) is 4.57 Å². The standard InChI is InChI=1S/C20H22N2O4S/c1-4-26-11-10-22-15-12-16(24-2)17(25-3)13-18(15)27-20(22)21-19(23)14-8-6-5-7-9-14/h5-9,12-13H,4,10-11H2,1-3H3. The van der Waals surface area contributed by atoms with Gasteiger partial charge in [-0.3, -0.25) is 4.79 Å². The number of aromatic nitrogens is 1. The Morgan fingerprint density at radius 2 is 1.81 bits per heavy atom. The summed E-state index contributed by atoms with van der Waals surface area (Å²) in [6.07, 6.45) is 0. The molecule has 3 rings (SSSR count). The second-order valence-electron chi connectivity index (χ2n) is 5.69. The van der Waals surface area contributed by atoms with Gasteiger partial charge in [-0.05, 0) is 19.1 Å². The molecule has 0 saturated heterocycles. The topological polar surface area (TPSA) is 62.1 Å². The third-order valence-corrected chi connectivity index (χ3v) is 5.11. The molecule has 0 atom stereocenters. The maximum Gasteiger partial charge on any atom is 0.279 e. The van der Waals surface area contributed by atoms with Crippen LogP contribution in [-0.2, 0) is 11.3 Å². The first kappa shape index (κ1) is 19.1. The third-order valence-electron chi connectivity index (χ3n) is 4.07. The molecule has 1 amide bonds. The van der Waals surface area contributed by atoms with Crippen molar-refractivity contribution in [3.63, 3.8) is 0 Å². The number of nitrogens with zero attached hydrogens (tertiary/aromatic N) is 2. The fourth-order valence-electron chi connectivity index (χ4n) is 2.73. The van der Waals surface area contributed by atoms with E-state index in [9.17, 15) is 4.79 Å². The van der Waals surface area contributed by atoms with E-state index in [1.54, 1.807) is 26.4 Å². The highest BCUT2D eigenvalue weighted by atomic mass is 32.1. The lowest BCUT2D eigenvalue weighted by molar-refractivity contribution is 0.0996. The highest BCUT2D eigenvalue weighted by Crippen LogP contribution is 2.33. The monoisotopic (exact) mass is 386 g/mol. The Morgan fingerprint density at radius 3 is 2.48 bits per heavy atom. The minimum Gasteiger partial charge on any atom is -0.493 e. The minimum atomic E-state index is -0.272. The molecule has 0 unspecified atom stereocenters. The summed E-state index contributed by atoms with van der Waals surface area (Å²) in [6, 6.07) is 12.9. The van der Waals surface area contributed by atoms with Gasteiger partial charge in [-0.1, -0.05) is 29.5 Å². The predicted octanol–water partition coefficient (Wildman–Crippen LogP) is 3.50. The van der Waals surface area contributed by atoms with Crippen LogP contribution in [0.4, 0.5) is 0 Å². The van der Waals surface area contributed by atoms with Crippen LogP contribution >= 0.6 is 11.3 Å². The number of thiazole rings is 1. The van der Waals surface area contributed by atoms with Gasteiger partial charge >= 0.3 is 0 Å². The molecule has 2 aromatic carbocycles. The zero-order valence-electron chi connectivity index (χ0n) is 15.6. The van der Waals surface area contributed by atoms with Crippen LogP contribution in [0.5, 0.6) is 11.5 Å². The number of benzene rings is 2. The Morgan fingerprint density at radius 1 is 1.11 bits per heavy atom. The quantitative estimate of drug-likeness (QED) is 0.583. The third kappa shape index (κ3) is 4.20. The molecule has 0 aliphatic heterocycles. The Balaban J connectivity index is 2.13. The smallest absolute Gasteiger partial charge is 0.279 e. The first-order valence-corrected chi connectivity index (χ1v) is 9.46. The molecule has 0 spiro atoms. The van der Waals surface area contributed by atoms with Crippen molar-refractivity contribution >= 4 is 27.5 Å². The van der Waals surface area contributed by atoms with Gasteiger partial charge in [-0.25, -0.2) is 0 Å². The summed E-state index contributed by atoms with van der Waals surface area (Å²) in [5.41, 5.74) is 1.48. The second kappa shape index (κ2) is 8.83. The number of fused-ring (bicyclic) bond motifs is 1. The van der Waals surface area contributed by atoms with Crippen molar-refractivity contribution in [3.05, 3.63) is 52.8 Å². The largest absolute Gasteiger partial charge is 0.493 e. The van der Waals surface area contributed by atoms with Crippen LogP contribution in [0.3, 0.4) is 0 Å². The minimum absolute atomic E-state index is 0.272. The fraction of sp³-hybridized carbons (Fsp3) is 0.300. The molecular weight excluding hydrogens is 364 g/mol. The number of hydrogen-bond donors (Lipinski definition) is 0. The van der Waals surface area contributed by atoms with E-state index in [0.29, 0.717) is 41.6 Å². The molecule has 0 saturated carbocycles. The van der Waals surface area contributed by atoms with Gasteiger partial charge in [-0.15, -0.1) is 0 Å². The van der Waals surface area contributed by atoms with E-state index >= 15 is 0 Å². The van der Waals surface area contributed by atoms with Crippen LogP contribution in [0.25, 0.3) is 10.2 Å². The molecule has 0 N–H and O–H groups in total. The van der Waals surface area contributed by atoms with Gasteiger partial charge in [-0.2, -0.15) is 4.99 Å². The molecule has 0 fully saturated rings. The lowest BCUT2D eigenvalue weighted by Crippen LogP contribution is -2.19. The second-order valence-corrected chi connectivity index (χ2v) is 6.70. The molecule has 3 aromatic rings. The number of amides is 1. The Kier molecular flexibility index (Phi) is 6.26. The van der Waals surface area contributed by atoms with Gasteiger partial charge in [0.05, 0.1) is 31.0 Å². The number of hydrogen-bond acceptors (Lipinski definition) is 5. The number of ether oxygens (including phenoxy) is 3. The maximum atomic E-state index is 12.6. The van der Waals surface area contributed by atoms with Crippen LogP contribution in [0, 0.1) is 0 Å². The first-order valence-electron chi connectivity index (χ1n) is 8.65. The molecule has 6 nitrogen and oxygen atoms in total. The number of carbonyl (C=O) groups excluding carboxylic acids is 1. The SMILES string of the molecule is CCOCCn1c(=NC(=O)c2ccccc2)sc2cc(OC)c(OC)cc21. The van der Waals surface area contributed by atoms with Crippen LogP contribution in [0.15, 0.2) is 47.5 Å². The van der Waals surface area contributed by atoms with Gasteiger partial charge in [0.1, 0.15) is 0 Å². The predicted molar refractivity (Wildman–Crippen MR) is 106 cm³/mol. The average Bonchev–Trinajstić information content (AvgIpc) is 3.03. The van der Waals surface area contributed by atoms with Gasteiger partial charge < -0.3 is 18.8 Å². The summed E-state index contributed by atoms with van der Waals surface area (Å²) < 4.78 is 19.3. The van der Waals surface area contributed by atoms with E-state index in [-0.39, 0.29) is 5.91 Å². The summed E-state index contributed by atoms with van der Waals surface area (Å²) in [5.74, 6) is 1.00. The normalized spacial score (nSPS) is 11.7. The molecule has 142 valence electrons. The molecule has 0 bridgehead atoms.